The molecule has 1 atom stereocenters. The van der Waals surface area contributed by atoms with Gasteiger partial charge in [0, 0.05) is 13.1 Å². The molecule has 5 nitrogen and oxygen atoms in total. The molecular weight excluding hydrogens is 339 g/mol. The zero-order valence-electron chi connectivity index (χ0n) is 10.8. The van der Waals surface area contributed by atoms with Crippen molar-refractivity contribution in [1.82, 2.24) is 4.90 Å². The Morgan fingerprint density at radius 3 is 2.76 bits per heavy atom. The molecule has 8 heteroatoms. The Hall–Kier alpha value is -1.01. The van der Waals surface area contributed by atoms with Crippen molar-refractivity contribution < 1.29 is 14.7 Å². The monoisotopic (exact) mass is 348 g/mol. The molecule has 0 aliphatic carbocycles. The van der Waals surface area contributed by atoms with E-state index in [1.807, 2.05) is 0 Å². The molecule has 0 radical (unpaired) electrons. The average molecular weight is 350 g/mol. The summed E-state index contributed by atoms with van der Waals surface area (Å²) in [6, 6.07) is 1.62. The number of hydrogen-bond acceptors (Lipinski definition) is 3. The van der Waals surface area contributed by atoms with E-state index in [0.717, 1.165) is 0 Å². The Morgan fingerprint density at radius 1 is 1.38 bits per heavy atom. The van der Waals surface area contributed by atoms with Gasteiger partial charge in [-0.1, -0.05) is 34.8 Å². The molecule has 21 heavy (non-hydrogen) atoms. The van der Waals surface area contributed by atoms with Crippen LogP contribution in [0.25, 0.3) is 0 Å². The van der Waals surface area contributed by atoms with E-state index in [4.69, 9.17) is 39.9 Å². The third kappa shape index (κ3) is 2.03. The first kappa shape index (κ1) is 14.9. The van der Waals surface area contributed by atoms with Crippen molar-refractivity contribution in [3.63, 3.8) is 0 Å². The summed E-state index contributed by atoms with van der Waals surface area (Å²) in [6.07, 6.45) is 0.450. The first-order valence-electron chi connectivity index (χ1n) is 6.29. The third-order valence-corrected chi connectivity index (χ3v) is 5.37. The lowest BCUT2D eigenvalue weighted by Crippen LogP contribution is -2.40. The number of halogens is 3. The van der Waals surface area contributed by atoms with Crippen molar-refractivity contribution in [3.8, 4) is 0 Å². The number of carbonyl (C=O) groups excluding carboxylic acids is 2. The number of nitrogens with zero attached hydrogens (tertiary/aromatic N) is 1. The number of aliphatic hydroxyl groups excluding tert-OH is 1. The Kier molecular flexibility index (Phi) is 3.56. The highest BCUT2D eigenvalue weighted by molar-refractivity contribution is 6.49. The van der Waals surface area contributed by atoms with Crippen molar-refractivity contribution in [2.24, 2.45) is 0 Å². The summed E-state index contributed by atoms with van der Waals surface area (Å²) < 4.78 is 0. The molecule has 0 saturated carbocycles. The molecule has 1 saturated heterocycles. The largest absolute Gasteiger partial charge is 0.387 e. The van der Waals surface area contributed by atoms with Gasteiger partial charge in [0.25, 0.3) is 0 Å². The molecular formula is C13H11Cl3N2O3. The van der Waals surface area contributed by atoms with Crippen LogP contribution in [0.15, 0.2) is 6.07 Å². The van der Waals surface area contributed by atoms with Crippen LogP contribution in [0.2, 0.25) is 15.1 Å². The molecule has 1 aromatic carbocycles. The van der Waals surface area contributed by atoms with Crippen LogP contribution in [0.4, 0.5) is 5.69 Å². The minimum Gasteiger partial charge on any atom is -0.387 e. The van der Waals surface area contributed by atoms with E-state index < -0.39 is 17.9 Å². The molecule has 1 spiro atoms. The summed E-state index contributed by atoms with van der Waals surface area (Å²) in [4.78, 5) is 25.5. The second kappa shape index (κ2) is 5.02. The number of carbonyl (C=O) groups is 2. The minimum absolute atomic E-state index is 0.190. The van der Waals surface area contributed by atoms with Gasteiger partial charge in [0.15, 0.2) is 0 Å². The van der Waals surface area contributed by atoms with Crippen molar-refractivity contribution >= 4 is 52.3 Å². The molecule has 2 aliphatic rings. The number of fused-ring (bicyclic) bond motifs is 2. The van der Waals surface area contributed by atoms with E-state index in [2.05, 4.69) is 5.32 Å². The number of amides is 2. The van der Waals surface area contributed by atoms with Crippen LogP contribution in [0.5, 0.6) is 0 Å². The van der Waals surface area contributed by atoms with Crippen LogP contribution in [-0.2, 0) is 15.0 Å². The lowest BCUT2D eigenvalue weighted by atomic mass is 9.81. The molecule has 2 aliphatic heterocycles. The van der Waals surface area contributed by atoms with E-state index in [9.17, 15) is 9.59 Å². The maximum atomic E-state index is 12.4. The predicted molar refractivity (Wildman–Crippen MR) is 80.1 cm³/mol. The molecule has 2 amide bonds. The second-order valence-corrected chi connectivity index (χ2v) is 6.33. The number of hydrogen-bond donors (Lipinski definition) is 2. The molecule has 112 valence electrons. The van der Waals surface area contributed by atoms with Gasteiger partial charge in [-0.2, -0.15) is 0 Å². The van der Waals surface area contributed by atoms with E-state index in [1.54, 1.807) is 6.07 Å². The summed E-state index contributed by atoms with van der Waals surface area (Å²) >= 11 is 18.2. The van der Waals surface area contributed by atoms with Crippen molar-refractivity contribution in [3.05, 3.63) is 26.7 Å². The van der Waals surface area contributed by atoms with Crippen LogP contribution < -0.4 is 5.32 Å². The van der Waals surface area contributed by atoms with Crippen molar-refractivity contribution in [1.29, 1.82) is 0 Å². The fourth-order valence-corrected chi connectivity index (χ4v) is 3.63. The molecule has 3 rings (SSSR count). The number of anilines is 1. The van der Waals surface area contributed by atoms with Crippen LogP contribution >= 0.6 is 34.8 Å². The van der Waals surface area contributed by atoms with Gasteiger partial charge >= 0.3 is 0 Å². The number of benzene rings is 1. The normalized spacial score (nSPS) is 23.6. The highest BCUT2D eigenvalue weighted by atomic mass is 35.5. The number of aliphatic hydroxyl groups is 1. The number of nitrogens with one attached hydrogen (secondary N) is 1. The summed E-state index contributed by atoms with van der Waals surface area (Å²) in [5.74, 6) is -0.634. The van der Waals surface area contributed by atoms with Gasteiger partial charge in [0.2, 0.25) is 11.8 Å². The standard InChI is InChI=1S/C13H11Cl3N2O3/c14-7-3-6-11(10(16)9(7)15)17-12(21)13(6)1-2-18(5-13)8(20)4-19/h3,19H,1-2,4-5H2,(H,17,21)/t13-/m1/s1. The van der Waals surface area contributed by atoms with Crippen molar-refractivity contribution in [2.45, 2.75) is 11.8 Å². The molecule has 2 heterocycles. The second-order valence-electron chi connectivity index (χ2n) is 5.17. The van der Waals surface area contributed by atoms with Gasteiger partial charge in [-0.15, -0.1) is 0 Å². The summed E-state index contributed by atoms with van der Waals surface area (Å²) in [5.41, 5.74) is 0.229. The van der Waals surface area contributed by atoms with E-state index in [-0.39, 0.29) is 27.5 Å². The van der Waals surface area contributed by atoms with Gasteiger partial charge in [-0.25, -0.2) is 0 Å². The SMILES string of the molecule is O=C(CO)N1CC[C@]2(C1)C(=O)Nc1c2cc(Cl)c(Cl)c1Cl. The molecule has 0 bridgehead atoms. The van der Waals surface area contributed by atoms with E-state index in [1.165, 1.54) is 4.90 Å². The van der Waals surface area contributed by atoms with E-state index >= 15 is 0 Å². The molecule has 0 aromatic heterocycles. The number of rotatable bonds is 1. The zero-order chi connectivity index (χ0) is 15.4. The first-order valence-corrected chi connectivity index (χ1v) is 7.42. The molecule has 0 unspecified atom stereocenters. The van der Waals surface area contributed by atoms with Gasteiger partial charge in [-0.05, 0) is 18.1 Å². The third-order valence-electron chi connectivity index (χ3n) is 4.11. The maximum absolute atomic E-state index is 12.4. The smallest absolute Gasteiger partial charge is 0.248 e. The number of likely N-dealkylation sites (tertiary alicyclic amines) is 1. The van der Waals surface area contributed by atoms with Crippen LogP contribution in [0.1, 0.15) is 12.0 Å². The summed E-state index contributed by atoms with van der Waals surface area (Å²) in [7, 11) is 0. The summed E-state index contributed by atoms with van der Waals surface area (Å²) in [5, 5.41) is 12.4. The molecule has 2 N–H and O–H groups in total. The fourth-order valence-electron chi connectivity index (χ4n) is 2.98. The highest BCUT2D eigenvalue weighted by Crippen LogP contribution is 2.50. The maximum Gasteiger partial charge on any atom is 0.248 e. The molecule has 1 fully saturated rings. The Labute approximate surface area is 135 Å². The van der Waals surface area contributed by atoms with Crippen LogP contribution in [-0.4, -0.2) is 41.5 Å². The van der Waals surface area contributed by atoms with Crippen molar-refractivity contribution in [2.75, 3.05) is 25.0 Å². The van der Waals surface area contributed by atoms with E-state index in [0.29, 0.717) is 24.2 Å². The van der Waals surface area contributed by atoms with Gasteiger partial charge in [-0.3, -0.25) is 9.59 Å². The van der Waals surface area contributed by atoms with Gasteiger partial charge < -0.3 is 15.3 Å². The highest BCUT2D eigenvalue weighted by Gasteiger charge is 2.53. The van der Waals surface area contributed by atoms with Gasteiger partial charge in [0.1, 0.15) is 6.61 Å². The minimum atomic E-state index is -0.877. The average Bonchev–Trinajstić information content (AvgIpc) is 3.02. The lowest BCUT2D eigenvalue weighted by Gasteiger charge is -2.22. The Balaban J connectivity index is 2.08. The topological polar surface area (TPSA) is 69.6 Å². The van der Waals surface area contributed by atoms with Crippen LogP contribution in [0, 0.1) is 0 Å². The Morgan fingerprint density at radius 2 is 2.10 bits per heavy atom. The predicted octanol–water partition coefficient (Wildman–Crippen LogP) is 2.06. The summed E-state index contributed by atoms with van der Waals surface area (Å²) in [6.45, 7) is 0.0102. The zero-order valence-corrected chi connectivity index (χ0v) is 13.0. The van der Waals surface area contributed by atoms with Gasteiger partial charge in [0.05, 0.1) is 26.2 Å². The van der Waals surface area contributed by atoms with Crippen LogP contribution in [0.3, 0.4) is 0 Å². The Bertz CT molecular complexity index is 665. The lowest BCUT2D eigenvalue weighted by molar-refractivity contribution is -0.133. The fraction of sp³-hybridized carbons (Fsp3) is 0.385. The molecule has 1 aromatic rings. The quantitative estimate of drug-likeness (QED) is 0.763. The first-order chi connectivity index (χ1) is 9.90.